The Morgan fingerprint density at radius 1 is 1.40 bits per heavy atom. The van der Waals surface area contributed by atoms with E-state index in [2.05, 4.69) is 10.2 Å². The number of nitrogens with two attached hydrogens (primary N) is 1. The molecule has 2 aliphatic rings. The number of hydrogen-bond donors (Lipinski definition) is 2. The molecule has 0 aromatic heterocycles. The Morgan fingerprint density at radius 3 is 2.88 bits per heavy atom. The summed E-state index contributed by atoms with van der Waals surface area (Å²) in [5, 5.41) is 2.99. The van der Waals surface area contributed by atoms with E-state index in [4.69, 9.17) is 10.5 Å². The number of anilines is 1. The van der Waals surface area contributed by atoms with Crippen LogP contribution in [0.4, 0.5) is 10.1 Å². The first-order valence-corrected chi connectivity index (χ1v) is 9.15. The Labute approximate surface area is 148 Å². The fourth-order valence-corrected chi connectivity index (χ4v) is 3.90. The zero-order valence-electron chi connectivity index (χ0n) is 14.9. The van der Waals surface area contributed by atoms with Gasteiger partial charge >= 0.3 is 0 Å². The Hall–Kier alpha value is -1.66. The number of carbonyl (C=O) groups is 1. The van der Waals surface area contributed by atoms with Crippen LogP contribution in [0.5, 0.6) is 0 Å². The van der Waals surface area contributed by atoms with Crippen LogP contribution >= 0.6 is 0 Å². The number of hydrogen-bond acceptors (Lipinski definition) is 4. The lowest BCUT2D eigenvalue weighted by molar-refractivity contribution is -0.128. The molecule has 138 valence electrons. The third-order valence-electron chi connectivity index (χ3n) is 5.42. The van der Waals surface area contributed by atoms with Crippen molar-refractivity contribution in [2.24, 2.45) is 11.7 Å². The molecule has 2 unspecified atom stereocenters. The number of carbonyl (C=O) groups excluding carboxylic acids is 1. The molecule has 1 heterocycles. The summed E-state index contributed by atoms with van der Waals surface area (Å²) in [5.74, 6) is -0.494. The summed E-state index contributed by atoms with van der Waals surface area (Å²) in [7, 11) is 0. The summed E-state index contributed by atoms with van der Waals surface area (Å²) < 4.78 is 19.1. The number of nitrogens with zero attached hydrogens (tertiary/aromatic N) is 1. The molecular formula is C19H28FN3O2. The summed E-state index contributed by atoms with van der Waals surface area (Å²) in [6.45, 7) is 5.15. The summed E-state index contributed by atoms with van der Waals surface area (Å²) in [4.78, 5) is 14.8. The number of ether oxygens (including phenoxy) is 1. The topological polar surface area (TPSA) is 67.6 Å². The molecule has 2 atom stereocenters. The number of rotatable bonds is 4. The van der Waals surface area contributed by atoms with E-state index >= 15 is 0 Å². The van der Waals surface area contributed by atoms with Crippen molar-refractivity contribution in [2.45, 2.75) is 44.7 Å². The average Bonchev–Trinajstić information content (AvgIpc) is 2.60. The fraction of sp³-hybridized carbons (Fsp3) is 0.632. The van der Waals surface area contributed by atoms with Gasteiger partial charge in [0.25, 0.3) is 0 Å². The molecule has 1 aliphatic heterocycles. The van der Waals surface area contributed by atoms with Crippen molar-refractivity contribution in [1.29, 1.82) is 0 Å². The van der Waals surface area contributed by atoms with Crippen molar-refractivity contribution in [3.05, 3.63) is 29.6 Å². The van der Waals surface area contributed by atoms with E-state index in [0.29, 0.717) is 19.8 Å². The minimum atomic E-state index is -0.461. The maximum atomic E-state index is 13.7. The highest BCUT2D eigenvalue weighted by molar-refractivity contribution is 5.80. The van der Waals surface area contributed by atoms with E-state index in [1.807, 2.05) is 6.92 Å². The maximum Gasteiger partial charge on any atom is 0.225 e. The smallest absolute Gasteiger partial charge is 0.225 e. The molecule has 2 fully saturated rings. The molecule has 1 amide bonds. The normalized spacial score (nSPS) is 27.2. The second-order valence-electron chi connectivity index (χ2n) is 7.39. The van der Waals surface area contributed by atoms with Crippen LogP contribution in [-0.2, 0) is 16.1 Å². The number of halogens is 1. The van der Waals surface area contributed by atoms with Crippen LogP contribution in [0.3, 0.4) is 0 Å². The molecule has 25 heavy (non-hydrogen) atoms. The second kappa shape index (κ2) is 7.70. The molecule has 1 saturated carbocycles. The van der Waals surface area contributed by atoms with E-state index in [9.17, 15) is 9.18 Å². The van der Waals surface area contributed by atoms with Crippen LogP contribution in [0.2, 0.25) is 0 Å². The van der Waals surface area contributed by atoms with Gasteiger partial charge in [0.1, 0.15) is 5.82 Å². The minimum absolute atomic E-state index is 0.0260. The maximum absolute atomic E-state index is 13.7. The lowest BCUT2D eigenvalue weighted by Gasteiger charge is -2.37. The largest absolute Gasteiger partial charge is 0.378 e. The molecule has 3 rings (SSSR count). The standard InChI is InChI=1S/C19H28FN3O2/c1-19(21)7-3-2-4-16(19)18(24)22-13-14-12-15(20)5-6-17(14)23-8-10-25-11-9-23/h5-6,12,16H,2-4,7-11,13,21H2,1H3,(H,22,24). The minimum Gasteiger partial charge on any atom is -0.378 e. The summed E-state index contributed by atoms with van der Waals surface area (Å²) in [5.41, 5.74) is 7.62. The number of benzene rings is 1. The molecule has 1 aromatic rings. The van der Waals surface area contributed by atoms with Crippen molar-refractivity contribution >= 4 is 11.6 Å². The molecule has 1 saturated heterocycles. The van der Waals surface area contributed by atoms with Crippen LogP contribution in [-0.4, -0.2) is 37.7 Å². The molecule has 1 aromatic carbocycles. The zero-order chi connectivity index (χ0) is 17.9. The Morgan fingerprint density at radius 2 is 2.16 bits per heavy atom. The van der Waals surface area contributed by atoms with Crippen molar-refractivity contribution in [3.8, 4) is 0 Å². The van der Waals surface area contributed by atoms with E-state index in [0.717, 1.165) is 50.0 Å². The number of nitrogens with one attached hydrogen (secondary N) is 1. The van der Waals surface area contributed by atoms with Gasteiger partial charge in [0.15, 0.2) is 0 Å². The summed E-state index contributed by atoms with van der Waals surface area (Å²) >= 11 is 0. The predicted molar refractivity (Wildman–Crippen MR) is 95.8 cm³/mol. The van der Waals surface area contributed by atoms with Gasteiger partial charge in [-0.2, -0.15) is 0 Å². The van der Waals surface area contributed by atoms with E-state index < -0.39 is 5.54 Å². The van der Waals surface area contributed by atoms with Gasteiger partial charge in [-0.3, -0.25) is 4.79 Å². The molecule has 0 radical (unpaired) electrons. The molecule has 1 aliphatic carbocycles. The van der Waals surface area contributed by atoms with Crippen LogP contribution in [0, 0.1) is 11.7 Å². The van der Waals surface area contributed by atoms with E-state index in [1.54, 1.807) is 6.07 Å². The molecule has 0 bridgehead atoms. The van der Waals surface area contributed by atoms with E-state index in [1.165, 1.54) is 12.1 Å². The predicted octanol–water partition coefficient (Wildman–Crippen LogP) is 2.19. The lowest BCUT2D eigenvalue weighted by atomic mass is 9.74. The van der Waals surface area contributed by atoms with Gasteiger partial charge in [-0.05, 0) is 43.5 Å². The van der Waals surface area contributed by atoms with Gasteiger partial charge < -0.3 is 20.7 Å². The summed E-state index contributed by atoms with van der Waals surface area (Å²) in [6.07, 6.45) is 3.79. The van der Waals surface area contributed by atoms with Gasteiger partial charge in [0.2, 0.25) is 5.91 Å². The molecule has 0 spiro atoms. The van der Waals surface area contributed by atoms with Gasteiger partial charge in [-0.15, -0.1) is 0 Å². The number of morpholine rings is 1. The first kappa shape index (κ1) is 18.1. The monoisotopic (exact) mass is 349 g/mol. The third-order valence-corrected chi connectivity index (χ3v) is 5.42. The van der Waals surface area contributed by atoms with Crippen molar-refractivity contribution < 1.29 is 13.9 Å². The van der Waals surface area contributed by atoms with Crippen LogP contribution in [0.15, 0.2) is 18.2 Å². The Bertz CT molecular complexity index is 615. The molecule has 6 heteroatoms. The summed E-state index contributed by atoms with van der Waals surface area (Å²) in [6, 6.07) is 4.76. The van der Waals surface area contributed by atoms with Gasteiger partial charge in [0, 0.05) is 30.9 Å². The third kappa shape index (κ3) is 4.30. The van der Waals surface area contributed by atoms with Crippen molar-refractivity contribution in [2.75, 3.05) is 31.2 Å². The Kier molecular flexibility index (Phi) is 5.59. The average molecular weight is 349 g/mol. The highest BCUT2D eigenvalue weighted by Crippen LogP contribution is 2.32. The van der Waals surface area contributed by atoms with Crippen LogP contribution in [0.1, 0.15) is 38.2 Å². The van der Waals surface area contributed by atoms with Crippen molar-refractivity contribution in [1.82, 2.24) is 5.32 Å². The number of amides is 1. The zero-order valence-corrected chi connectivity index (χ0v) is 14.9. The second-order valence-corrected chi connectivity index (χ2v) is 7.39. The molecular weight excluding hydrogens is 321 g/mol. The Balaban J connectivity index is 1.69. The highest BCUT2D eigenvalue weighted by Gasteiger charge is 2.37. The first-order valence-electron chi connectivity index (χ1n) is 9.15. The lowest BCUT2D eigenvalue weighted by Crippen LogP contribution is -2.52. The SMILES string of the molecule is CC1(N)CCCCC1C(=O)NCc1cc(F)ccc1N1CCOCC1. The van der Waals surface area contributed by atoms with Crippen LogP contribution in [0.25, 0.3) is 0 Å². The van der Waals surface area contributed by atoms with Gasteiger partial charge in [-0.1, -0.05) is 12.8 Å². The molecule has 5 nitrogen and oxygen atoms in total. The fourth-order valence-electron chi connectivity index (χ4n) is 3.90. The molecule has 3 N–H and O–H groups in total. The highest BCUT2D eigenvalue weighted by atomic mass is 19.1. The first-order chi connectivity index (χ1) is 12.0. The quantitative estimate of drug-likeness (QED) is 0.874. The van der Waals surface area contributed by atoms with Crippen LogP contribution < -0.4 is 16.0 Å². The van der Waals surface area contributed by atoms with E-state index in [-0.39, 0.29) is 17.6 Å². The van der Waals surface area contributed by atoms with Gasteiger partial charge in [-0.25, -0.2) is 4.39 Å². The van der Waals surface area contributed by atoms with Crippen molar-refractivity contribution in [3.63, 3.8) is 0 Å². The van der Waals surface area contributed by atoms with Gasteiger partial charge in [0.05, 0.1) is 19.1 Å².